The van der Waals surface area contributed by atoms with Crippen molar-refractivity contribution in [1.29, 1.82) is 0 Å². The average molecular weight is 278 g/mol. The number of rotatable bonds is 4. The largest absolute Gasteiger partial charge is 0.384 e. The van der Waals surface area contributed by atoms with Crippen molar-refractivity contribution in [3.8, 4) is 0 Å². The van der Waals surface area contributed by atoms with Gasteiger partial charge in [-0.1, -0.05) is 60.7 Å². The van der Waals surface area contributed by atoms with Gasteiger partial charge in [0.15, 0.2) is 0 Å². The quantitative estimate of drug-likeness (QED) is 0.779. The first-order valence-electron chi connectivity index (χ1n) is 7.03. The summed E-state index contributed by atoms with van der Waals surface area (Å²) in [6.07, 6.45) is -0.638. The summed E-state index contributed by atoms with van der Waals surface area (Å²) in [6, 6.07) is 22.1. The van der Waals surface area contributed by atoms with Gasteiger partial charge in [-0.15, -0.1) is 0 Å². The molecule has 1 atom stereocenters. The highest BCUT2D eigenvalue weighted by Gasteiger charge is 2.14. The normalized spacial score (nSPS) is 12.5. The molecule has 0 heterocycles. The number of aliphatic hydroxyl groups is 1. The molecule has 3 aromatic carbocycles. The Morgan fingerprint density at radius 3 is 2.43 bits per heavy atom. The van der Waals surface area contributed by atoms with Crippen LogP contribution in [0.3, 0.4) is 0 Å². The van der Waals surface area contributed by atoms with Crippen molar-refractivity contribution in [2.45, 2.75) is 12.7 Å². The third-order valence-corrected chi connectivity index (χ3v) is 3.74. The number of ether oxygens (including phenoxy) is 1. The highest BCUT2D eigenvalue weighted by atomic mass is 16.5. The molecule has 3 aromatic rings. The Morgan fingerprint density at radius 1 is 0.905 bits per heavy atom. The second-order valence-electron chi connectivity index (χ2n) is 5.14. The minimum atomic E-state index is -0.638. The molecule has 2 heteroatoms. The van der Waals surface area contributed by atoms with E-state index in [0.717, 1.165) is 22.1 Å². The van der Waals surface area contributed by atoms with Gasteiger partial charge in [0.2, 0.25) is 0 Å². The zero-order valence-corrected chi connectivity index (χ0v) is 12.0. The molecule has 1 N–H and O–H groups in total. The van der Waals surface area contributed by atoms with Gasteiger partial charge < -0.3 is 9.84 Å². The molecule has 0 saturated heterocycles. The predicted molar refractivity (Wildman–Crippen MR) is 85.2 cm³/mol. The van der Waals surface area contributed by atoms with Crippen LogP contribution in [0.4, 0.5) is 0 Å². The Balaban J connectivity index is 2.02. The van der Waals surface area contributed by atoms with E-state index in [4.69, 9.17) is 4.74 Å². The van der Waals surface area contributed by atoms with E-state index in [9.17, 15) is 5.11 Å². The summed E-state index contributed by atoms with van der Waals surface area (Å²) in [5.74, 6) is 0. The zero-order chi connectivity index (χ0) is 14.7. The van der Waals surface area contributed by atoms with Gasteiger partial charge in [-0.3, -0.25) is 0 Å². The highest BCUT2D eigenvalue weighted by molar-refractivity contribution is 5.83. The third kappa shape index (κ3) is 2.82. The lowest BCUT2D eigenvalue weighted by Gasteiger charge is -2.16. The molecule has 21 heavy (non-hydrogen) atoms. The second-order valence-corrected chi connectivity index (χ2v) is 5.14. The SMILES string of the molecule is COCc1ccccc1C(O)c1ccc2ccccc2c1. The molecule has 0 fully saturated rings. The van der Waals surface area contributed by atoms with Crippen LogP contribution >= 0.6 is 0 Å². The molecular formula is C19H18O2. The molecule has 0 radical (unpaired) electrons. The minimum Gasteiger partial charge on any atom is -0.384 e. The van der Waals surface area contributed by atoms with Crippen molar-refractivity contribution in [2.24, 2.45) is 0 Å². The second kappa shape index (κ2) is 6.08. The maximum atomic E-state index is 10.7. The smallest absolute Gasteiger partial charge is 0.104 e. The Hall–Kier alpha value is -2.16. The molecule has 0 aliphatic heterocycles. The molecule has 2 nitrogen and oxygen atoms in total. The Kier molecular flexibility index (Phi) is 4.00. The molecule has 1 unspecified atom stereocenters. The van der Waals surface area contributed by atoms with Crippen molar-refractivity contribution in [3.05, 3.63) is 83.4 Å². The first-order chi connectivity index (χ1) is 10.3. The van der Waals surface area contributed by atoms with E-state index < -0.39 is 6.10 Å². The molecule has 0 saturated carbocycles. The molecule has 0 aromatic heterocycles. The van der Waals surface area contributed by atoms with Crippen LogP contribution in [0.15, 0.2) is 66.7 Å². The monoisotopic (exact) mass is 278 g/mol. The standard InChI is InChI=1S/C19H18O2/c1-21-13-17-8-4-5-9-18(17)19(20)16-11-10-14-6-2-3-7-15(14)12-16/h2-12,19-20H,13H2,1H3. The van der Waals surface area contributed by atoms with Gasteiger partial charge in [0.25, 0.3) is 0 Å². The summed E-state index contributed by atoms with van der Waals surface area (Å²) >= 11 is 0. The number of aliphatic hydroxyl groups excluding tert-OH is 1. The van der Waals surface area contributed by atoms with Crippen LogP contribution in [0.1, 0.15) is 22.8 Å². The maximum absolute atomic E-state index is 10.7. The molecule has 0 aliphatic carbocycles. The Morgan fingerprint density at radius 2 is 1.62 bits per heavy atom. The van der Waals surface area contributed by atoms with Crippen LogP contribution in [0.2, 0.25) is 0 Å². The fraction of sp³-hybridized carbons (Fsp3) is 0.158. The highest BCUT2D eigenvalue weighted by Crippen LogP contribution is 2.27. The molecule has 0 amide bonds. The van der Waals surface area contributed by atoms with E-state index >= 15 is 0 Å². The minimum absolute atomic E-state index is 0.501. The summed E-state index contributed by atoms with van der Waals surface area (Å²) in [4.78, 5) is 0. The Labute approximate surface area is 124 Å². The van der Waals surface area contributed by atoms with Gasteiger partial charge in [0.1, 0.15) is 6.10 Å². The van der Waals surface area contributed by atoms with E-state index in [1.165, 1.54) is 5.39 Å². The summed E-state index contributed by atoms with van der Waals surface area (Å²) in [5, 5.41) is 13.0. The molecule has 0 aliphatic rings. The van der Waals surface area contributed by atoms with Crippen molar-refractivity contribution < 1.29 is 9.84 Å². The summed E-state index contributed by atoms with van der Waals surface area (Å²) in [5.41, 5.74) is 2.81. The lowest BCUT2D eigenvalue weighted by molar-refractivity contribution is 0.176. The van der Waals surface area contributed by atoms with E-state index in [1.807, 2.05) is 54.6 Å². The number of fused-ring (bicyclic) bond motifs is 1. The van der Waals surface area contributed by atoms with Gasteiger partial charge >= 0.3 is 0 Å². The molecule has 0 bridgehead atoms. The first kappa shape index (κ1) is 13.8. The first-order valence-corrected chi connectivity index (χ1v) is 7.03. The van der Waals surface area contributed by atoms with Gasteiger partial charge in [0.05, 0.1) is 6.61 Å². The number of methoxy groups -OCH3 is 1. The molecular weight excluding hydrogens is 260 g/mol. The lowest BCUT2D eigenvalue weighted by atomic mass is 9.95. The molecule has 0 spiro atoms. The van der Waals surface area contributed by atoms with Crippen LogP contribution in [-0.2, 0) is 11.3 Å². The topological polar surface area (TPSA) is 29.5 Å². The van der Waals surface area contributed by atoms with E-state index in [0.29, 0.717) is 6.61 Å². The predicted octanol–water partition coefficient (Wildman–Crippen LogP) is 4.07. The zero-order valence-electron chi connectivity index (χ0n) is 12.0. The van der Waals surface area contributed by atoms with Crippen LogP contribution in [0.5, 0.6) is 0 Å². The maximum Gasteiger partial charge on any atom is 0.104 e. The van der Waals surface area contributed by atoms with Crippen LogP contribution in [0, 0.1) is 0 Å². The van der Waals surface area contributed by atoms with Crippen LogP contribution < -0.4 is 0 Å². The van der Waals surface area contributed by atoms with E-state index in [-0.39, 0.29) is 0 Å². The van der Waals surface area contributed by atoms with Crippen LogP contribution in [0.25, 0.3) is 10.8 Å². The van der Waals surface area contributed by atoms with E-state index in [1.54, 1.807) is 7.11 Å². The van der Waals surface area contributed by atoms with E-state index in [2.05, 4.69) is 12.1 Å². The summed E-state index contributed by atoms with van der Waals surface area (Å²) < 4.78 is 5.21. The van der Waals surface area contributed by atoms with Gasteiger partial charge in [-0.2, -0.15) is 0 Å². The van der Waals surface area contributed by atoms with Gasteiger partial charge in [-0.05, 0) is 33.5 Å². The fourth-order valence-corrected chi connectivity index (χ4v) is 2.65. The van der Waals surface area contributed by atoms with Crippen molar-refractivity contribution in [1.82, 2.24) is 0 Å². The van der Waals surface area contributed by atoms with Gasteiger partial charge in [0, 0.05) is 7.11 Å². The molecule has 106 valence electrons. The molecule has 3 rings (SSSR count). The van der Waals surface area contributed by atoms with Gasteiger partial charge in [-0.25, -0.2) is 0 Å². The number of benzene rings is 3. The van der Waals surface area contributed by atoms with Crippen molar-refractivity contribution in [3.63, 3.8) is 0 Å². The summed E-state index contributed by atoms with van der Waals surface area (Å²) in [7, 11) is 1.67. The third-order valence-electron chi connectivity index (χ3n) is 3.74. The van der Waals surface area contributed by atoms with Crippen molar-refractivity contribution in [2.75, 3.05) is 7.11 Å². The number of hydrogen-bond donors (Lipinski definition) is 1. The van der Waals surface area contributed by atoms with Crippen LogP contribution in [-0.4, -0.2) is 12.2 Å². The Bertz CT molecular complexity index is 749. The average Bonchev–Trinajstić information content (AvgIpc) is 2.54. The summed E-state index contributed by atoms with van der Waals surface area (Å²) in [6.45, 7) is 0.501. The lowest BCUT2D eigenvalue weighted by Crippen LogP contribution is -2.04. The van der Waals surface area contributed by atoms with Crippen molar-refractivity contribution >= 4 is 10.8 Å². The fourth-order valence-electron chi connectivity index (χ4n) is 2.65. The number of hydrogen-bond acceptors (Lipinski definition) is 2.